The highest BCUT2D eigenvalue weighted by Crippen LogP contribution is 2.45. The number of likely N-dealkylation sites (N-methyl/N-ethyl adjacent to an activating group) is 1. The van der Waals surface area contributed by atoms with Crippen molar-refractivity contribution in [2.45, 2.75) is 87.5 Å². The molecule has 10 rings (SSSR count). The number of piperazine rings is 1. The van der Waals surface area contributed by atoms with Gasteiger partial charge in [0.15, 0.2) is 5.82 Å². The molecule has 0 radical (unpaired) electrons. The minimum absolute atomic E-state index is 0.00139. The molecule has 396 valence electrons. The third-order valence-corrected chi connectivity index (χ3v) is 15.7. The maximum atomic E-state index is 17.3. The van der Waals surface area contributed by atoms with Crippen LogP contribution in [0.25, 0.3) is 32.9 Å². The van der Waals surface area contributed by atoms with E-state index in [2.05, 4.69) is 48.6 Å². The lowest BCUT2D eigenvalue weighted by atomic mass is 9.94. The highest BCUT2D eigenvalue weighted by atomic mass is 19.1. The van der Waals surface area contributed by atoms with E-state index < -0.39 is 40.9 Å². The second-order valence-electron chi connectivity index (χ2n) is 20.6. The lowest BCUT2D eigenvalue weighted by Crippen LogP contribution is -2.51. The van der Waals surface area contributed by atoms with E-state index in [9.17, 15) is 29.1 Å². The van der Waals surface area contributed by atoms with Crippen LogP contribution in [0.15, 0.2) is 60.8 Å². The quantitative estimate of drug-likeness (QED) is 0.0197. The van der Waals surface area contributed by atoms with Crippen molar-refractivity contribution in [2.24, 2.45) is 5.92 Å². The number of halogens is 2. The molecule has 20 heteroatoms. The summed E-state index contributed by atoms with van der Waals surface area (Å²) in [6.07, 6.45) is 14.2. The monoisotopic (exact) mass is 1040 g/mol. The lowest BCUT2D eigenvalue weighted by molar-refractivity contribution is -0.124. The number of ether oxygens (including phenoxy) is 2. The van der Waals surface area contributed by atoms with E-state index in [1.807, 2.05) is 0 Å². The van der Waals surface area contributed by atoms with E-state index in [0.717, 1.165) is 36.2 Å². The number of benzene rings is 3. The van der Waals surface area contributed by atoms with Crippen molar-refractivity contribution in [3.05, 3.63) is 89.1 Å². The van der Waals surface area contributed by atoms with E-state index in [1.165, 1.54) is 37.5 Å². The molecular weight excluding hydrogens is 979 g/mol. The lowest BCUT2D eigenvalue weighted by Gasteiger charge is -2.35. The molecule has 6 atom stereocenters. The number of anilines is 2. The Bertz CT molecular complexity index is 3180. The van der Waals surface area contributed by atoms with Crippen molar-refractivity contribution in [3.8, 4) is 35.4 Å². The number of terminal acetylenes is 1. The summed E-state index contributed by atoms with van der Waals surface area (Å²) in [4.78, 5) is 81.5. The molecule has 76 heavy (non-hydrogen) atoms. The zero-order valence-electron chi connectivity index (χ0n) is 42.2. The Morgan fingerprint density at radius 1 is 1.04 bits per heavy atom. The molecule has 3 aromatic carbocycles. The maximum Gasteiger partial charge on any atom is 0.319 e. The summed E-state index contributed by atoms with van der Waals surface area (Å²) in [5.74, 6) is -0.425. The number of rotatable bonds is 22. The summed E-state index contributed by atoms with van der Waals surface area (Å²) in [5.41, 5.74) is 1.40. The first-order valence-corrected chi connectivity index (χ1v) is 25.8. The molecule has 7 heterocycles. The fourth-order valence-electron chi connectivity index (χ4n) is 12.0. The zero-order valence-corrected chi connectivity index (χ0v) is 42.2. The number of aromatic hydroxyl groups is 1. The molecule has 4 saturated heterocycles. The van der Waals surface area contributed by atoms with Gasteiger partial charge in [-0.2, -0.15) is 9.97 Å². The van der Waals surface area contributed by atoms with Gasteiger partial charge in [-0.25, -0.2) is 8.78 Å². The van der Waals surface area contributed by atoms with E-state index in [1.54, 1.807) is 18.2 Å². The first-order valence-electron chi connectivity index (χ1n) is 25.8. The van der Waals surface area contributed by atoms with Gasteiger partial charge in [-0.05, 0) is 99.1 Å². The van der Waals surface area contributed by atoms with Gasteiger partial charge in [0.05, 0.1) is 34.2 Å². The Balaban J connectivity index is 0.825. The Labute approximate surface area is 438 Å². The normalized spacial score (nSPS) is 21.7. The molecule has 5 aliphatic rings. The van der Waals surface area contributed by atoms with Crippen LogP contribution >= 0.6 is 0 Å². The number of hydrogen-bond donors (Lipinski definition) is 5. The van der Waals surface area contributed by atoms with Gasteiger partial charge in [-0.15, -0.1) is 6.42 Å². The molecule has 5 N–H and O–H groups in total. The second-order valence-corrected chi connectivity index (χ2v) is 20.6. The molecule has 0 spiro atoms. The van der Waals surface area contributed by atoms with Gasteiger partial charge in [0.25, 0.3) is 11.8 Å². The van der Waals surface area contributed by atoms with Gasteiger partial charge >= 0.3 is 6.01 Å². The fraction of sp³-hybridized carbons (Fsp3) is 0.429. The Kier molecular flexibility index (Phi) is 15.0. The first kappa shape index (κ1) is 51.9. The van der Waals surface area contributed by atoms with E-state index in [-0.39, 0.29) is 94.1 Å². The number of phenolic OH excluding ortho intramolecular Hbond substituents is 1. The Hall–Kier alpha value is -7.60. The van der Waals surface area contributed by atoms with Crippen LogP contribution in [0, 0.1) is 29.9 Å². The predicted molar refractivity (Wildman–Crippen MR) is 280 cm³/mol. The molecule has 2 bridgehead atoms. The summed E-state index contributed by atoms with van der Waals surface area (Å²) >= 11 is 0. The first-order chi connectivity index (χ1) is 36.8. The van der Waals surface area contributed by atoms with Crippen LogP contribution < -0.4 is 30.9 Å². The van der Waals surface area contributed by atoms with Crippen LogP contribution in [0.1, 0.15) is 84.1 Å². The average molecular weight is 1040 g/mol. The topological polar surface area (TPSA) is 221 Å². The Morgan fingerprint density at radius 2 is 1.84 bits per heavy atom. The number of hydrogen-bond acceptors (Lipinski definition) is 15. The number of pyridine rings is 1. The van der Waals surface area contributed by atoms with Crippen LogP contribution in [0.3, 0.4) is 0 Å². The average Bonchev–Trinajstić information content (AvgIpc) is 4.12. The molecule has 0 saturated carbocycles. The summed E-state index contributed by atoms with van der Waals surface area (Å²) in [7, 11) is 1.41. The van der Waals surface area contributed by atoms with Crippen molar-refractivity contribution in [1.82, 2.24) is 40.7 Å². The maximum absolute atomic E-state index is 17.3. The molecular formula is C56H60F2N10O8. The van der Waals surface area contributed by atoms with Gasteiger partial charge in [-0.3, -0.25) is 34.0 Å². The molecule has 18 nitrogen and oxygen atoms in total. The third-order valence-electron chi connectivity index (χ3n) is 15.7. The van der Waals surface area contributed by atoms with Crippen LogP contribution in [-0.4, -0.2) is 150 Å². The van der Waals surface area contributed by atoms with Crippen molar-refractivity contribution in [3.63, 3.8) is 0 Å². The largest absolute Gasteiger partial charge is 0.508 e. The van der Waals surface area contributed by atoms with Crippen molar-refractivity contribution in [1.29, 1.82) is 0 Å². The summed E-state index contributed by atoms with van der Waals surface area (Å²) < 4.78 is 45.4. The number of aldehydes is 1. The second kappa shape index (κ2) is 21.9. The molecule has 4 fully saturated rings. The van der Waals surface area contributed by atoms with Crippen molar-refractivity contribution >= 4 is 63.6 Å². The summed E-state index contributed by atoms with van der Waals surface area (Å²) in [6, 6.07) is 9.72. The summed E-state index contributed by atoms with van der Waals surface area (Å²) in [5, 5.41) is 24.0. The van der Waals surface area contributed by atoms with Crippen molar-refractivity contribution < 1.29 is 47.3 Å². The van der Waals surface area contributed by atoms with Gasteiger partial charge in [0.2, 0.25) is 12.3 Å². The molecule has 4 amide bonds. The van der Waals surface area contributed by atoms with Gasteiger partial charge in [0.1, 0.15) is 47.5 Å². The zero-order chi connectivity index (χ0) is 53.3. The van der Waals surface area contributed by atoms with Crippen LogP contribution in [0.4, 0.5) is 20.3 Å². The number of nitrogens with one attached hydrogen (secondary N) is 4. The Morgan fingerprint density at radius 3 is 2.61 bits per heavy atom. The van der Waals surface area contributed by atoms with E-state index >= 15 is 8.78 Å². The van der Waals surface area contributed by atoms with Gasteiger partial charge in [0, 0.05) is 93.8 Å². The summed E-state index contributed by atoms with van der Waals surface area (Å²) in [6.45, 7) is 8.30. The number of carbonyl (C=O) groups is 5. The minimum Gasteiger partial charge on any atom is -0.508 e. The van der Waals surface area contributed by atoms with E-state index in [4.69, 9.17) is 25.9 Å². The number of fused-ring (bicyclic) bond motifs is 6. The molecule has 2 aromatic heterocycles. The molecule has 0 aliphatic carbocycles. The van der Waals surface area contributed by atoms with Crippen molar-refractivity contribution in [2.75, 3.05) is 69.8 Å². The van der Waals surface area contributed by atoms with E-state index in [0.29, 0.717) is 100 Å². The highest BCUT2D eigenvalue weighted by molar-refractivity contribution is 6.23. The minimum atomic E-state index is -1.12. The number of amides is 4. The van der Waals surface area contributed by atoms with Crippen LogP contribution in [0.5, 0.6) is 11.8 Å². The number of nitrogens with zero attached hydrogens (tertiary/aromatic N) is 6. The standard InChI is InChI=1S/C56H60F2N10O8/c1-4-40-45(57)12-7-34-20-39(71)22-43(47(34)40)49-48(58)50-44(25-62-49)51(66-27-36-8-9-37(28-66)63-36)65-55(64-50)76-30-56-16-13-38(67(56)26-32(2)23-56)29-75-19-15-33(14-17-60-31-70)24-61-35-10-11-41-42(21-35)54(74)68(53(41)73)46(6-5-18-69)52(72)59-3/h1,7,10-12,18,20-22,25,31,33,36-38,46,61,63,71H,2,5-6,8-9,13-17,19,23-24,26-30H2,3H3,(H,59,72)(H,60,70). The number of aromatic nitrogens is 3. The van der Waals surface area contributed by atoms with Gasteiger partial charge in [-0.1, -0.05) is 24.1 Å². The van der Waals surface area contributed by atoms with Gasteiger partial charge < -0.3 is 45.5 Å². The highest BCUT2D eigenvalue weighted by Gasteiger charge is 2.51. The molecule has 6 unspecified atom stereocenters. The third kappa shape index (κ3) is 10.0. The molecule has 5 aromatic rings. The number of imide groups is 1. The van der Waals surface area contributed by atoms with Crippen LogP contribution in [-0.2, 0) is 19.1 Å². The predicted octanol–water partition coefficient (Wildman–Crippen LogP) is 5.25. The van der Waals surface area contributed by atoms with Crippen LogP contribution in [0.2, 0.25) is 0 Å². The smallest absolute Gasteiger partial charge is 0.319 e. The number of carbonyl (C=O) groups excluding carboxylic acids is 5. The molecule has 5 aliphatic heterocycles. The number of phenols is 1. The fourth-order valence-corrected chi connectivity index (χ4v) is 12.0. The SMILES string of the molecule is C#Cc1c(F)ccc2cc(O)cc(-c3ncc4c(N5CC6CCC(C5)N6)nc(OCC56CCC(COCCC(CCNC=O)CNc7ccc8c(c7)C(=O)N(C(CCC=O)C(=O)NC)C8=O)N5CC(=C)C6)nc4c3F)c12.